The van der Waals surface area contributed by atoms with Gasteiger partial charge in [-0.2, -0.15) is 0 Å². The minimum Gasteiger partial charge on any atom is -0.0988 e. The van der Waals surface area contributed by atoms with Crippen LogP contribution in [0.1, 0.15) is 40.0 Å². The van der Waals surface area contributed by atoms with Crippen molar-refractivity contribution in [2.24, 2.45) is 0 Å². The second-order valence-electron chi connectivity index (χ2n) is 2.18. The lowest BCUT2D eigenvalue weighted by Gasteiger charge is -1.93. The Balaban J connectivity index is 3.85. The molecule has 0 aromatic heterocycles. The van der Waals surface area contributed by atoms with E-state index >= 15 is 0 Å². The lowest BCUT2D eigenvalue weighted by Crippen LogP contribution is -1.74. The summed E-state index contributed by atoms with van der Waals surface area (Å²) in [7, 11) is 0. The quantitative estimate of drug-likeness (QED) is 0.511. The number of hydrogen-bond acceptors (Lipinski definition) is 0. The predicted octanol–water partition coefficient (Wildman–Crippen LogP) is 3.15. The fourth-order valence-electron chi connectivity index (χ4n) is 0.709. The first kappa shape index (κ1) is 9.30. The van der Waals surface area contributed by atoms with Crippen molar-refractivity contribution in [3.8, 4) is 11.8 Å². The Bertz CT molecular complexity index is 147. The average Bonchev–Trinajstić information content (AvgIpc) is 1.99. The first-order valence-corrected chi connectivity index (χ1v) is 4.01. The molecule has 0 unspecified atom stereocenters. The Labute approximate surface area is 64.3 Å². The topological polar surface area (TPSA) is 0 Å². The summed E-state index contributed by atoms with van der Waals surface area (Å²) in [5, 5.41) is 0. The van der Waals surface area contributed by atoms with E-state index in [0.717, 1.165) is 19.3 Å². The molecule has 0 rings (SSSR count). The second kappa shape index (κ2) is 6.42. The summed E-state index contributed by atoms with van der Waals surface area (Å²) in [4.78, 5) is 0. The fourth-order valence-corrected chi connectivity index (χ4v) is 0.709. The van der Waals surface area contributed by atoms with E-state index in [2.05, 4.69) is 32.6 Å². The molecule has 0 heterocycles. The van der Waals surface area contributed by atoms with Crippen LogP contribution in [0.15, 0.2) is 11.6 Å². The second-order valence-corrected chi connectivity index (χ2v) is 2.18. The van der Waals surface area contributed by atoms with E-state index in [4.69, 9.17) is 0 Å². The van der Waals surface area contributed by atoms with Crippen molar-refractivity contribution >= 4 is 0 Å². The van der Waals surface area contributed by atoms with E-state index in [1.54, 1.807) is 0 Å². The van der Waals surface area contributed by atoms with Gasteiger partial charge in [0.25, 0.3) is 0 Å². The molecule has 0 saturated heterocycles. The van der Waals surface area contributed by atoms with Crippen LogP contribution in [-0.2, 0) is 0 Å². The molecule has 0 aliphatic rings. The van der Waals surface area contributed by atoms with Crippen LogP contribution in [0.3, 0.4) is 0 Å². The van der Waals surface area contributed by atoms with Crippen molar-refractivity contribution in [1.82, 2.24) is 0 Å². The maximum absolute atomic E-state index is 3.02. The van der Waals surface area contributed by atoms with Crippen LogP contribution in [0.2, 0.25) is 0 Å². The summed E-state index contributed by atoms with van der Waals surface area (Å²) >= 11 is 0. The maximum Gasteiger partial charge on any atom is 0.00637 e. The van der Waals surface area contributed by atoms with Gasteiger partial charge in [-0.05, 0) is 18.9 Å². The Morgan fingerprint density at radius 2 is 1.80 bits per heavy atom. The molecule has 0 aromatic rings. The van der Waals surface area contributed by atoms with Crippen LogP contribution in [0, 0.1) is 11.8 Å². The van der Waals surface area contributed by atoms with Gasteiger partial charge >= 0.3 is 0 Å². The molecule has 0 saturated carbocycles. The highest BCUT2D eigenvalue weighted by Crippen LogP contribution is 2.03. The van der Waals surface area contributed by atoms with Crippen LogP contribution in [-0.4, -0.2) is 0 Å². The molecule has 0 bridgehead atoms. The van der Waals surface area contributed by atoms with Gasteiger partial charge in [-0.15, -0.1) is 0 Å². The molecule has 0 amide bonds. The molecule has 56 valence electrons. The Hall–Kier alpha value is -0.700. The molecule has 0 radical (unpaired) electrons. The monoisotopic (exact) mass is 136 g/mol. The molecule has 0 atom stereocenters. The van der Waals surface area contributed by atoms with Gasteiger partial charge < -0.3 is 0 Å². The van der Waals surface area contributed by atoms with Gasteiger partial charge in [-0.25, -0.2) is 0 Å². The van der Waals surface area contributed by atoms with Gasteiger partial charge in [0, 0.05) is 6.42 Å². The average molecular weight is 136 g/mol. The predicted molar refractivity (Wildman–Crippen MR) is 46.7 cm³/mol. The lowest BCUT2D eigenvalue weighted by molar-refractivity contribution is 0.980. The highest BCUT2D eigenvalue weighted by molar-refractivity contribution is 5.20. The zero-order valence-corrected chi connectivity index (χ0v) is 7.20. The van der Waals surface area contributed by atoms with E-state index < -0.39 is 0 Å². The molecular weight excluding hydrogens is 120 g/mol. The number of allylic oxidation sites excluding steroid dienone is 2. The number of rotatable bonds is 2. The molecule has 0 aliphatic heterocycles. The van der Waals surface area contributed by atoms with Gasteiger partial charge in [0.1, 0.15) is 0 Å². The smallest absolute Gasteiger partial charge is 0.00637 e. The van der Waals surface area contributed by atoms with Crippen LogP contribution in [0.25, 0.3) is 0 Å². The molecule has 10 heavy (non-hydrogen) atoms. The third-order valence-electron chi connectivity index (χ3n) is 1.46. The van der Waals surface area contributed by atoms with Gasteiger partial charge in [-0.1, -0.05) is 38.2 Å². The summed E-state index contributed by atoms with van der Waals surface area (Å²) in [5.41, 5.74) is 1.45. The summed E-state index contributed by atoms with van der Waals surface area (Å²) in [5.74, 6) is 6.05. The zero-order valence-electron chi connectivity index (χ0n) is 7.20. The van der Waals surface area contributed by atoms with Gasteiger partial charge in [0.05, 0.1) is 0 Å². The third-order valence-corrected chi connectivity index (χ3v) is 1.46. The molecule has 0 nitrogen and oxygen atoms in total. The first-order chi connectivity index (χ1) is 4.85. The van der Waals surface area contributed by atoms with E-state index in [9.17, 15) is 0 Å². The van der Waals surface area contributed by atoms with Crippen LogP contribution >= 0.6 is 0 Å². The minimum absolute atomic E-state index is 0.956. The maximum atomic E-state index is 3.02. The molecule has 0 fully saturated rings. The lowest BCUT2D eigenvalue weighted by atomic mass is 10.1. The van der Waals surface area contributed by atoms with Crippen molar-refractivity contribution in [3.05, 3.63) is 11.6 Å². The summed E-state index contributed by atoms with van der Waals surface area (Å²) in [6.45, 7) is 6.41. The summed E-state index contributed by atoms with van der Waals surface area (Å²) < 4.78 is 0. The Morgan fingerprint density at radius 1 is 1.20 bits per heavy atom. The Kier molecular flexibility index (Phi) is 5.97. The third kappa shape index (κ3) is 4.21. The molecule has 0 N–H and O–H groups in total. The van der Waals surface area contributed by atoms with E-state index in [-0.39, 0.29) is 0 Å². The summed E-state index contributed by atoms with van der Waals surface area (Å²) in [6, 6.07) is 0. The van der Waals surface area contributed by atoms with Crippen molar-refractivity contribution in [3.63, 3.8) is 0 Å². The van der Waals surface area contributed by atoms with Gasteiger partial charge in [0.2, 0.25) is 0 Å². The van der Waals surface area contributed by atoms with E-state index in [1.807, 2.05) is 6.08 Å². The van der Waals surface area contributed by atoms with Crippen LogP contribution in [0.5, 0.6) is 0 Å². The molecule has 0 spiro atoms. The van der Waals surface area contributed by atoms with Crippen molar-refractivity contribution in [2.75, 3.05) is 0 Å². The highest BCUT2D eigenvalue weighted by Gasteiger charge is 1.84. The normalized spacial score (nSPS) is 7.90. The van der Waals surface area contributed by atoms with Crippen molar-refractivity contribution in [2.45, 2.75) is 40.0 Å². The SMILES string of the molecule is CCC#CC=C(CC)CC. The van der Waals surface area contributed by atoms with Crippen molar-refractivity contribution < 1.29 is 0 Å². The molecular formula is C10H16. The van der Waals surface area contributed by atoms with E-state index in [0.29, 0.717) is 0 Å². The molecule has 0 aromatic carbocycles. The number of hydrogen-bond donors (Lipinski definition) is 0. The van der Waals surface area contributed by atoms with E-state index in [1.165, 1.54) is 5.57 Å². The van der Waals surface area contributed by atoms with Crippen molar-refractivity contribution in [1.29, 1.82) is 0 Å². The Morgan fingerprint density at radius 3 is 2.20 bits per heavy atom. The first-order valence-electron chi connectivity index (χ1n) is 4.01. The molecule has 0 heteroatoms. The van der Waals surface area contributed by atoms with Crippen LogP contribution < -0.4 is 0 Å². The van der Waals surface area contributed by atoms with Crippen LogP contribution in [0.4, 0.5) is 0 Å². The van der Waals surface area contributed by atoms with Gasteiger partial charge in [-0.3, -0.25) is 0 Å². The van der Waals surface area contributed by atoms with Gasteiger partial charge in [0.15, 0.2) is 0 Å². The largest absolute Gasteiger partial charge is 0.0988 e. The highest BCUT2D eigenvalue weighted by atomic mass is 13.9. The summed E-state index contributed by atoms with van der Waals surface area (Å²) in [6.07, 6.45) is 5.27. The molecule has 0 aliphatic carbocycles. The zero-order chi connectivity index (χ0) is 7.82. The fraction of sp³-hybridized carbons (Fsp3) is 0.600. The standard InChI is InChI=1S/C10H16/c1-4-7-8-9-10(5-2)6-3/h9H,4-6H2,1-3H3. The minimum atomic E-state index is 0.956.